The number of thiazole rings is 1. The van der Waals surface area contributed by atoms with E-state index in [1.54, 1.807) is 39.0 Å². The second kappa shape index (κ2) is 7.27. The Balaban J connectivity index is 1.77. The van der Waals surface area contributed by atoms with E-state index >= 15 is 0 Å². The van der Waals surface area contributed by atoms with Crippen molar-refractivity contribution in [2.24, 2.45) is 0 Å². The summed E-state index contributed by atoms with van der Waals surface area (Å²) in [5.74, 6) is 0.0748. The van der Waals surface area contributed by atoms with Crippen LogP contribution in [-0.2, 0) is 10.9 Å². The highest BCUT2D eigenvalue weighted by Gasteiger charge is 2.32. The maximum absolute atomic E-state index is 12.8. The minimum absolute atomic E-state index is 0.0748. The van der Waals surface area contributed by atoms with Crippen LogP contribution >= 0.6 is 11.3 Å². The molecule has 1 amide bonds. The third-order valence-electron chi connectivity index (χ3n) is 3.31. The maximum atomic E-state index is 12.8. The number of ether oxygens (including phenoxy) is 1. The van der Waals surface area contributed by atoms with E-state index in [4.69, 9.17) is 4.74 Å². The topological polar surface area (TPSA) is 76.1 Å². The van der Waals surface area contributed by atoms with Crippen LogP contribution in [-0.4, -0.2) is 21.7 Å². The maximum Gasteiger partial charge on any atom is 0.433 e. The number of nitrogens with zero attached hydrogens (tertiary/aromatic N) is 2. The molecular weight excluding hydrogens is 393 g/mol. The summed E-state index contributed by atoms with van der Waals surface area (Å²) < 4.78 is 44.3. The van der Waals surface area contributed by atoms with Crippen LogP contribution in [0.4, 0.5) is 34.6 Å². The van der Waals surface area contributed by atoms with Crippen molar-refractivity contribution in [3.8, 4) is 0 Å². The van der Waals surface area contributed by atoms with Gasteiger partial charge in [-0.3, -0.25) is 5.32 Å². The molecule has 0 aliphatic heterocycles. The van der Waals surface area contributed by atoms with Crippen molar-refractivity contribution in [1.82, 2.24) is 9.97 Å². The number of pyridine rings is 1. The zero-order valence-electron chi connectivity index (χ0n) is 15.2. The number of benzene rings is 1. The second-order valence-corrected chi connectivity index (χ2v) is 7.89. The van der Waals surface area contributed by atoms with Gasteiger partial charge in [0.05, 0.1) is 10.2 Å². The molecular formula is C18H17F3N4O2S. The number of alkyl halides is 3. The summed E-state index contributed by atoms with van der Waals surface area (Å²) in [6, 6.07) is 8.72. The second-order valence-electron chi connectivity index (χ2n) is 6.86. The highest BCUT2D eigenvalue weighted by molar-refractivity contribution is 7.22. The third kappa shape index (κ3) is 5.10. The SMILES string of the molecule is CC(C)(C)OC(=O)Nc1nc2ccc(Nc3cccc(C(F)(F)F)n3)cc2s1. The standard InChI is InChI=1S/C18H17F3N4O2S/c1-17(2,3)27-16(26)25-15-23-11-8-7-10(9-12(11)28-15)22-14-6-4-5-13(24-14)18(19,20)21/h4-9H,1-3H3,(H,22,24)(H,23,25,26). The normalized spacial score (nSPS) is 12.1. The Morgan fingerprint density at radius 1 is 1.11 bits per heavy atom. The van der Waals surface area contributed by atoms with Crippen molar-refractivity contribution in [3.05, 3.63) is 42.1 Å². The number of carbonyl (C=O) groups is 1. The van der Waals surface area contributed by atoms with Crippen molar-refractivity contribution in [2.75, 3.05) is 10.6 Å². The van der Waals surface area contributed by atoms with Gasteiger partial charge in [-0.25, -0.2) is 14.8 Å². The molecule has 0 saturated carbocycles. The summed E-state index contributed by atoms with van der Waals surface area (Å²) in [6.45, 7) is 5.26. The fourth-order valence-corrected chi connectivity index (χ4v) is 3.15. The van der Waals surface area contributed by atoms with E-state index in [9.17, 15) is 18.0 Å². The Morgan fingerprint density at radius 2 is 1.86 bits per heavy atom. The lowest BCUT2D eigenvalue weighted by Crippen LogP contribution is -2.27. The lowest BCUT2D eigenvalue weighted by atomic mass is 10.2. The predicted octanol–water partition coefficient (Wildman–Crippen LogP) is 5.80. The van der Waals surface area contributed by atoms with Gasteiger partial charge in [0, 0.05) is 5.69 Å². The smallest absolute Gasteiger partial charge is 0.433 e. The van der Waals surface area contributed by atoms with E-state index < -0.39 is 23.6 Å². The van der Waals surface area contributed by atoms with E-state index in [-0.39, 0.29) is 5.82 Å². The van der Waals surface area contributed by atoms with Gasteiger partial charge in [0.15, 0.2) is 5.13 Å². The molecule has 0 bridgehead atoms. The van der Waals surface area contributed by atoms with E-state index in [1.165, 1.54) is 23.5 Å². The van der Waals surface area contributed by atoms with E-state index in [1.807, 2.05) is 0 Å². The van der Waals surface area contributed by atoms with Crippen molar-refractivity contribution in [2.45, 2.75) is 32.5 Å². The van der Waals surface area contributed by atoms with Gasteiger partial charge < -0.3 is 10.1 Å². The molecule has 0 saturated heterocycles. The molecule has 2 aromatic heterocycles. The van der Waals surface area contributed by atoms with Gasteiger partial charge >= 0.3 is 12.3 Å². The molecule has 2 heterocycles. The Labute approximate surface area is 162 Å². The molecule has 0 aliphatic rings. The number of carbonyl (C=O) groups excluding carboxylic acids is 1. The van der Waals surface area contributed by atoms with Crippen molar-refractivity contribution < 1.29 is 22.7 Å². The largest absolute Gasteiger partial charge is 0.444 e. The average Bonchev–Trinajstić information content (AvgIpc) is 2.93. The summed E-state index contributed by atoms with van der Waals surface area (Å²) in [6.07, 6.45) is -5.13. The number of fused-ring (bicyclic) bond motifs is 1. The first-order valence-corrected chi connectivity index (χ1v) is 9.03. The number of nitrogens with one attached hydrogen (secondary N) is 2. The molecule has 0 radical (unpaired) electrons. The van der Waals surface area contributed by atoms with Crippen LogP contribution in [0.15, 0.2) is 36.4 Å². The molecule has 10 heteroatoms. The van der Waals surface area contributed by atoms with Gasteiger partial charge in [-0.15, -0.1) is 0 Å². The minimum atomic E-state index is -4.51. The molecule has 0 unspecified atom stereocenters. The van der Waals surface area contributed by atoms with Crippen LogP contribution in [0.3, 0.4) is 0 Å². The summed E-state index contributed by atoms with van der Waals surface area (Å²) in [4.78, 5) is 19.7. The first-order chi connectivity index (χ1) is 13.0. The van der Waals surface area contributed by atoms with Gasteiger partial charge in [0.1, 0.15) is 17.1 Å². The minimum Gasteiger partial charge on any atom is -0.444 e. The molecule has 0 spiro atoms. The zero-order chi connectivity index (χ0) is 20.5. The molecule has 28 heavy (non-hydrogen) atoms. The monoisotopic (exact) mass is 410 g/mol. The Hall–Kier alpha value is -2.88. The number of hydrogen-bond acceptors (Lipinski definition) is 6. The highest BCUT2D eigenvalue weighted by Crippen LogP contribution is 2.31. The number of rotatable bonds is 3. The van der Waals surface area contributed by atoms with Crippen LogP contribution in [0.5, 0.6) is 0 Å². The first-order valence-electron chi connectivity index (χ1n) is 8.21. The fourth-order valence-electron chi connectivity index (χ4n) is 2.26. The highest BCUT2D eigenvalue weighted by atomic mass is 32.1. The number of anilines is 3. The van der Waals surface area contributed by atoms with Crippen molar-refractivity contribution in [1.29, 1.82) is 0 Å². The van der Waals surface area contributed by atoms with Gasteiger partial charge in [0.2, 0.25) is 0 Å². The number of hydrogen-bond donors (Lipinski definition) is 2. The van der Waals surface area contributed by atoms with Gasteiger partial charge in [-0.1, -0.05) is 17.4 Å². The van der Waals surface area contributed by atoms with E-state index in [0.717, 1.165) is 10.8 Å². The van der Waals surface area contributed by atoms with E-state index in [2.05, 4.69) is 20.6 Å². The molecule has 2 N–H and O–H groups in total. The molecule has 148 valence electrons. The fraction of sp³-hybridized carbons (Fsp3) is 0.278. The molecule has 3 aromatic rings. The van der Waals surface area contributed by atoms with Crippen molar-refractivity contribution >= 4 is 44.3 Å². The van der Waals surface area contributed by atoms with Gasteiger partial charge in [-0.2, -0.15) is 13.2 Å². The van der Waals surface area contributed by atoms with Crippen LogP contribution in [0.25, 0.3) is 10.2 Å². The summed E-state index contributed by atoms with van der Waals surface area (Å²) in [5, 5.41) is 5.77. The summed E-state index contributed by atoms with van der Waals surface area (Å²) >= 11 is 1.22. The van der Waals surface area contributed by atoms with Crippen LogP contribution in [0, 0.1) is 0 Å². The first kappa shape index (κ1) is 19.9. The van der Waals surface area contributed by atoms with Crippen molar-refractivity contribution in [3.63, 3.8) is 0 Å². The molecule has 0 aliphatic carbocycles. The molecule has 6 nitrogen and oxygen atoms in total. The summed E-state index contributed by atoms with van der Waals surface area (Å²) in [7, 11) is 0. The van der Waals surface area contributed by atoms with Crippen LogP contribution in [0.1, 0.15) is 26.5 Å². The van der Waals surface area contributed by atoms with E-state index in [0.29, 0.717) is 16.3 Å². The Morgan fingerprint density at radius 3 is 2.54 bits per heavy atom. The van der Waals surface area contributed by atoms with Gasteiger partial charge in [0.25, 0.3) is 0 Å². The average molecular weight is 410 g/mol. The lowest BCUT2D eigenvalue weighted by Gasteiger charge is -2.18. The molecule has 1 aromatic carbocycles. The number of amides is 1. The van der Waals surface area contributed by atoms with Gasteiger partial charge in [-0.05, 0) is 51.1 Å². The number of aromatic nitrogens is 2. The van der Waals surface area contributed by atoms with Crippen LogP contribution in [0.2, 0.25) is 0 Å². The predicted molar refractivity (Wildman–Crippen MR) is 102 cm³/mol. The molecule has 3 rings (SSSR count). The molecule has 0 fully saturated rings. The third-order valence-corrected chi connectivity index (χ3v) is 4.24. The Bertz CT molecular complexity index is 1010. The quantitative estimate of drug-likeness (QED) is 0.571. The van der Waals surface area contributed by atoms with Crippen LogP contribution < -0.4 is 10.6 Å². The molecule has 0 atom stereocenters. The summed E-state index contributed by atoms with van der Waals surface area (Å²) in [5.41, 5.74) is -0.416. The Kier molecular flexibility index (Phi) is 5.16. The number of halogens is 3. The zero-order valence-corrected chi connectivity index (χ0v) is 16.0. The lowest BCUT2D eigenvalue weighted by molar-refractivity contribution is -0.141.